The molecule has 1 aliphatic rings. The molecule has 1 amide bonds. The van der Waals surface area contributed by atoms with Gasteiger partial charge in [0, 0.05) is 22.6 Å². The van der Waals surface area contributed by atoms with Crippen LogP contribution in [0, 0.1) is 11.6 Å². The molecule has 2 aromatic carbocycles. The summed E-state index contributed by atoms with van der Waals surface area (Å²) >= 11 is 6.09. The molecule has 2 heterocycles. The first-order chi connectivity index (χ1) is 13.0. The van der Waals surface area contributed by atoms with Gasteiger partial charge in [-0.3, -0.25) is 4.79 Å². The van der Waals surface area contributed by atoms with Gasteiger partial charge in [-0.1, -0.05) is 22.8 Å². The monoisotopic (exact) mass is 389 g/mol. The Bertz CT molecular complexity index is 971. The summed E-state index contributed by atoms with van der Waals surface area (Å²) in [6.45, 7) is 0.0171. The fourth-order valence-corrected chi connectivity index (χ4v) is 3.35. The van der Waals surface area contributed by atoms with Crippen LogP contribution in [0.5, 0.6) is 0 Å². The molecule has 5 nitrogen and oxygen atoms in total. The zero-order valence-electron chi connectivity index (χ0n) is 14.0. The Morgan fingerprint density at radius 1 is 1.19 bits per heavy atom. The number of carbonyl (C=O) groups excluding carboxylic acids is 1. The van der Waals surface area contributed by atoms with Crippen LogP contribution in [0.1, 0.15) is 30.3 Å². The van der Waals surface area contributed by atoms with Gasteiger partial charge in [0.05, 0.1) is 6.54 Å². The number of amides is 1. The molecular formula is C19H14ClF2N3O2. The predicted octanol–water partition coefficient (Wildman–Crippen LogP) is 4.53. The normalized spacial score (nSPS) is 16.9. The highest BCUT2D eigenvalue weighted by molar-refractivity contribution is 6.31. The van der Waals surface area contributed by atoms with Crippen molar-refractivity contribution >= 4 is 17.5 Å². The van der Waals surface area contributed by atoms with Gasteiger partial charge in [-0.2, -0.15) is 4.98 Å². The van der Waals surface area contributed by atoms with E-state index in [9.17, 15) is 13.6 Å². The lowest BCUT2D eigenvalue weighted by atomic mass is 10.1. The summed E-state index contributed by atoms with van der Waals surface area (Å²) in [6.07, 6.45) is 0.779. The van der Waals surface area contributed by atoms with Gasteiger partial charge in [-0.05, 0) is 42.8 Å². The van der Waals surface area contributed by atoms with Crippen molar-refractivity contribution in [2.45, 2.75) is 25.4 Å². The van der Waals surface area contributed by atoms with Crippen LogP contribution in [0.4, 0.5) is 8.78 Å². The molecule has 0 radical (unpaired) electrons. The first-order valence-corrected chi connectivity index (χ1v) is 8.72. The zero-order chi connectivity index (χ0) is 19.0. The van der Waals surface area contributed by atoms with Crippen LogP contribution >= 0.6 is 11.6 Å². The topological polar surface area (TPSA) is 59.2 Å². The number of rotatable bonds is 4. The Balaban J connectivity index is 1.61. The Kier molecular flexibility index (Phi) is 4.61. The minimum Gasteiger partial charge on any atom is -0.337 e. The van der Waals surface area contributed by atoms with Crippen LogP contribution in [0.25, 0.3) is 11.4 Å². The zero-order valence-corrected chi connectivity index (χ0v) is 14.8. The number of hydrogen-bond donors (Lipinski definition) is 0. The molecule has 8 heteroatoms. The van der Waals surface area contributed by atoms with Crippen molar-refractivity contribution in [3.05, 3.63) is 70.6 Å². The van der Waals surface area contributed by atoms with Crippen molar-refractivity contribution in [2.75, 3.05) is 0 Å². The number of nitrogens with zero attached hydrogens (tertiary/aromatic N) is 3. The van der Waals surface area contributed by atoms with E-state index in [4.69, 9.17) is 16.1 Å². The molecule has 1 unspecified atom stereocenters. The molecule has 1 atom stereocenters. The summed E-state index contributed by atoms with van der Waals surface area (Å²) in [4.78, 5) is 18.2. The second-order valence-corrected chi connectivity index (χ2v) is 6.65. The van der Waals surface area contributed by atoms with E-state index in [0.29, 0.717) is 24.2 Å². The Morgan fingerprint density at radius 3 is 2.70 bits per heavy atom. The highest BCUT2D eigenvalue weighted by Crippen LogP contribution is 2.35. The van der Waals surface area contributed by atoms with Crippen molar-refractivity contribution in [1.82, 2.24) is 15.0 Å². The molecule has 138 valence electrons. The van der Waals surface area contributed by atoms with Gasteiger partial charge in [0.15, 0.2) is 0 Å². The molecule has 4 rings (SSSR count). The summed E-state index contributed by atoms with van der Waals surface area (Å²) < 4.78 is 32.5. The SMILES string of the molecule is O=C1CCC(c2nc(-c3ccc(F)cc3)no2)N1Cc1c(F)cccc1Cl. The first-order valence-electron chi connectivity index (χ1n) is 8.35. The Hall–Kier alpha value is -2.80. The van der Waals surface area contributed by atoms with Crippen molar-refractivity contribution in [2.24, 2.45) is 0 Å². The van der Waals surface area contributed by atoms with Crippen LogP contribution < -0.4 is 0 Å². The van der Waals surface area contributed by atoms with Gasteiger partial charge in [0.25, 0.3) is 0 Å². The Morgan fingerprint density at radius 2 is 1.96 bits per heavy atom. The van der Waals surface area contributed by atoms with Crippen molar-refractivity contribution < 1.29 is 18.1 Å². The van der Waals surface area contributed by atoms with Crippen LogP contribution in [-0.4, -0.2) is 20.9 Å². The number of halogens is 3. The minimum absolute atomic E-state index is 0.0171. The molecule has 1 aromatic heterocycles. The molecule has 0 aliphatic carbocycles. The number of carbonyl (C=O) groups is 1. The van der Waals surface area contributed by atoms with E-state index in [-0.39, 0.29) is 34.7 Å². The average Bonchev–Trinajstić information content (AvgIpc) is 3.26. The second-order valence-electron chi connectivity index (χ2n) is 6.24. The lowest BCUT2D eigenvalue weighted by Gasteiger charge is -2.22. The summed E-state index contributed by atoms with van der Waals surface area (Å²) in [5.41, 5.74) is 0.845. The summed E-state index contributed by atoms with van der Waals surface area (Å²) in [6, 6.07) is 9.62. The van der Waals surface area contributed by atoms with Crippen LogP contribution in [0.15, 0.2) is 47.0 Å². The average molecular weight is 390 g/mol. The number of hydrogen-bond acceptors (Lipinski definition) is 4. The number of likely N-dealkylation sites (tertiary alicyclic amines) is 1. The lowest BCUT2D eigenvalue weighted by Crippen LogP contribution is -2.28. The molecule has 1 fully saturated rings. The van der Waals surface area contributed by atoms with Gasteiger partial charge in [-0.15, -0.1) is 0 Å². The molecule has 1 aliphatic heterocycles. The quantitative estimate of drug-likeness (QED) is 0.657. The van der Waals surface area contributed by atoms with Crippen LogP contribution in [0.3, 0.4) is 0 Å². The molecule has 0 N–H and O–H groups in total. The van der Waals surface area contributed by atoms with Crippen molar-refractivity contribution in [3.63, 3.8) is 0 Å². The van der Waals surface area contributed by atoms with Crippen LogP contribution in [-0.2, 0) is 11.3 Å². The first kappa shape index (κ1) is 17.6. The molecular weight excluding hydrogens is 376 g/mol. The molecule has 0 bridgehead atoms. The standard InChI is InChI=1S/C19H14ClF2N3O2/c20-14-2-1-3-15(22)13(14)10-25-16(8-9-17(25)26)19-23-18(24-27-19)11-4-6-12(21)7-5-11/h1-7,16H,8-10H2. The van der Waals surface area contributed by atoms with E-state index in [1.807, 2.05) is 0 Å². The third-order valence-electron chi connectivity index (χ3n) is 4.55. The van der Waals surface area contributed by atoms with Crippen molar-refractivity contribution in [3.8, 4) is 11.4 Å². The maximum Gasteiger partial charge on any atom is 0.249 e. The van der Waals surface area contributed by atoms with Gasteiger partial charge < -0.3 is 9.42 Å². The van der Waals surface area contributed by atoms with E-state index >= 15 is 0 Å². The van der Waals surface area contributed by atoms with E-state index in [0.717, 1.165) is 0 Å². The summed E-state index contributed by atoms with van der Waals surface area (Å²) in [5, 5.41) is 4.17. The molecule has 0 saturated carbocycles. The maximum atomic E-state index is 14.1. The van der Waals surface area contributed by atoms with E-state index in [2.05, 4.69) is 10.1 Å². The van der Waals surface area contributed by atoms with E-state index in [1.165, 1.54) is 29.2 Å². The highest BCUT2D eigenvalue weighted by Gasteiger charge is 2.36. The minimum atomic E-state index is -0.474. The van der Waals surface area contributed by atoms with Gasteiger partial charge in [-0.25, -0.2) is 8.78 Å². The fourth-order valence-electron chi connectivity index (χ4n) is 3.13. The van der Waals surface area contributed by atoms with E-state index < -0.39 is 11.9 Å². The third kappa shape index (κ3) is 3.42. The summed E-state index contributed by atoms with van der Waals surface area (Å²) in [5.74, 6) is -0.419. The van der Waals surface area contributed by atoms with Gasteiger partial charge in [0.2, 0.25) is 17.6 Å². The molecule has 27 heavy (non-hydrogen) atoms. The van der Waals surface area contributed by atoms with Gasteiger partial charge in [0.1, 0.15) is 17.7 Å². The molecule has 0 spiro atoms. The largest absolute Gasteiger partial charge is 0.337 e. The van der Waals surface area contributed by atoms with E-state index in [1.54, 1.807) is 18.2 Å². The molecule has 1 saturated heterocycles. The van der Waals surface area contributed by atoms with Crippen LogP contribution in [0.2, 0.25) is 5.02 Å². The highest BCUT2D eigenvalue weighted by atomic mass is 35.5. The van der Waals surface area contributed by atoms with Gasteiger partial charge >= 0.3 is 0 Å². The maximum absolute atomic E-state index is 14.1. The fraction of sp³-hybridized carbons (Fsp3) is 0.211. The predicted molar refractivity (Wildman–Crippen MR) is 93.6 cm³/mol. The Labute approximate surface area is 158 Å². The smallest absolute Gasteiger partial charge is 0.249 e. The second kappa shape index (κ2) is 7.08. The summed E-state index contributed by atoms with van der Waals surface area (Å²) in [7, 11) is 0. The molecule has 3 aromatic rings. The third-order valence-corrected chi connectivity index (χ3v) is 4.90. The lowest BCUT2D eigenvalue weighted by molar-refractivity contribution is -0.130. The van der Waals surface area contributed by atoms with Crippen molar-refractivity contribution in [1.29, 1.82) is 0 Å². The number of aromatic nitrogens is 2. The number of benzene rings is 2.